The number of ketones is 1. The van der Waals surface area contributed by atoms with Crippen LogP contribution in [0.2, 0.25) is 0 Å². The van der Waals surface area contributed by atoms with Crippen LogP contribution in [-0.4, -0.2) is 12.3 Å². The van der Waals surface area contributed by atoms with Crippen molar-refractivity contribution < 1.29 is 4.79 Å². The van der Waals surface area contributed by atoms with Gasteiger partial charge in [0.05, 0.1) is 0 Å². The normalized spacial score (nSPS) is 40.8. The molecule has 0 aromatic carbocycles. The first kappa shape index (κ1) is 7.29. The SMILES string of the molecule is NCCCC1CC2CC2C1=O. The van der Waals surface area contributed by atoms with E-state index in [1.54, 1.807) is 0 Å². The lowest BCUT2D eigenvalue weighted by Crippen LogP contribution is -2.12. The van der Waals surface area contributed by atoms with Crippen LogP contribution in [0.4, 0.5) is 0 Å². The molecule has 3 unspecified atom stereocenters. The van der Waals surface area contributed by atoms with Gasteiger partial charge in [-0.3, -0.25) is 4.79 Å². The predicted molar refractivity (Wildman–Crippen MR) is 43.0 cm³/mol. The van der Waals surface area contributed by atoms with Gasteiger partial charge in [0.25, 0.3) is 0 Å². The highest BCUT2D eigenvalue weighted by atomic mass is 16.1. The van der Waals surface area contributed by atoms with E-state index >= 15 is 0 Å². The van der Waals surface area contributed by atoms with Gasteiger partial charge in [0, 0.05) is 11.8 Å². The Morgan fingerprint density at radius 3 is 2.82 bits per heavy atom. The summed E-state index contributed by atoms with van der Waals surface area (Å²) in [4.78, 5) is 11.4. The molecular formula is C9H15NO. The molecule has 0 aromatic heterocycles. The quantitative estimate of drug-likeness (QED) is 0.656. The first-order valence-electron chi connectivity index (χ1n) is 4.56. The molecule has 2 rings (SSSR count). The van der Waals surface area contributed by atoms with E-state index in [0.717, 1.165) is 25.3 Å². The van der Waals surface area contributed by atoms with Crippen LogP contribution < -0.4 is 5.73 Å². The minimum atomic E-state index is 0.391. The third kappa shape index (κ3) is 1.20. The van der Waals surface area contributed by atoms with E-state index in [9.17, 15) is 4.79 Å². The predicted octanol–water partition coefficient (Wildman–Crippen LogP) is 0.950. The first-order valence-corrected chi connectivity index (χ1v) is 4.56. The second kappa shape index (κ2) is 2.59. The Balaban J connectivity index is 1.82. The minimum absolute atomic E-state index is 0.391. The van der Waals surface area contributed by atoms with Crippen LogP contribution in [0.3, 0.4) is 0 Å². The van der Waals surface area contributed by atoms with Crippen molar-refractivity contribution in [3.05, 3.63) is 0 Å². The van der Waals surface area contributed by atoms with Gasteiger partial charge in [-0.2, -0.15) is 0 Å². The lowest BCUT2D eigenvalue weighted by molar-refractivity contribution is -0.122. The fraction of sp³-hybridized carbons (Fsp3) is 0.889. The molecule has 0 aromatic rings. The maximum atomic E-state index is 11.4. The number of rotatable bonds is 3. The van der Waals surface area contributed by atoms with Gasteiger partial charge in [-0.05, 0) is 38.1 Å². The van der Waals surface area contributed by atoms with Crippen molar-refractivity contribution in [3.8, 4) is 0 Å². The summed E-state index contributed by atoms with van der Waals surface area (Å²) in [7, 11) is 0. The molecule has 2 heteroatoms. The molecule has 0 spiro atoms. The lowest BCUT2D eigenvalue weighted by atomic mass is 9.97. The zero-order chi connectivity index (χ0) is 7.84. The van der Waals surface area contributed by atoms with Crippen LogP contribution in [-0.2, 0) is 4.79 Å². The second-order valence-electron chi connectivity index (χ2n) is 3.87. The van der Waals surface area contributed by atoms with Crippen LogP contribution in [0.1, 0.15) is 25.7 Å². The minimum Gasteiger partial charge on any atom is -0.330 e. The van der Waals surface area contributed by atoms with Crippen molar-refractivity contribution in [1.82, 2.24) is 0 Å². The third-order valence-electron chi connectivity index (χ3n) is 3.03. The van der Waals surface area contributed by atoms with Crippen molar-refractivity contribution in [2.75, 3.05) is 6.54 Å². The topological polar surface area (TPSA) is 43.1 Å². The molecule has 62 valence electrons. The number of hydrogen-bond donors (Lipinski definition) is 1. The van der Waals surface area contributed by atoms with Gasteiger partial charge in [-0.25, -0.2) is 0 Å². The molecule has 2 N–H and O–H groups in total. The summed E-state index contributed by atoms with van der Waals surface area (Å²) in [6.07, 6.45) is 4.43. The van der Waals surface area contributed by atoms with Crippen LogP contribution in [0, 0.1) is 17.8 Å². The zero-order valence-corrected chi connectivity index (χ0v) is 6.75. The van der Waals surface area contributed by atoms with Crippen molar-refractivity contribution in [3.63, 3.8) is 0 Å². The van der Waals surface area contributed by atoms with Gasteiger partial charge < -0.3 is 5.73 Å². The Hall–Kier alpha value is -0.370. The van der Waals surface area contributed by atoms with Crippen LogP contribution in [0.15, 0.2) is 0 Å². The number of nitrogens with two attached hydrogens (primary N) is 1. The van der Waals surface area contributed by atoms with Crippen LogP contribution in [0.5, 0.6) is 0 Å². The fourth-order valence-electron chi connectivity index (χ4n) is 2.27. The summed E-state index contributed by atoms with van der Waals surface area (Å²) in [6.45, 7) is 0.735. The molecule has 0 radical (unpaired) electrons. The second-order valence-corrected chi connectivity index (χ2v) is 3.87. The molecule has 2 nitrogen and oxygen atoms in total. The number of fused-ring (bicyclic) bond motifs is 1. The van der Waals surface area contributed by atoms with E-state index in [1.807, 2.05) is 0 Å². The van der Waals surface area contributed by atoms with Crippen molar-refractivity contribution >= 4 is 5.78 Å². The number of hydrogen-bond acceptors (Lipinski definition) is 2. The summed E-state index contributed by atoms with van der Waals surface area (Å²) in [5.74, 6) is 2.20. The Kier molecular flexibility index (Phi) is 1.72. The smallest absolute Gasteiger partial charge is 0.139 e. The molecule has 0 heterocycles. The highest BCUT2D eigenvalue weighted by Crippen LogP contribution is 2.52. The highest BCUT2D eigenvalue weighted by Gasteiger charge is 2.52. The van der Waals surface area contributed by atoms with Crippen molar-refractivity contribution in [1.29, 1.82) is 0 Å². The molecule has 2 aliphatic rings. The van der Waals surface area contributed by atoms with E-state index in [-0.39, 0.29) is 0 Å². The third-order valence-corrected chi connectivity index (χ3v) is 3.03. The summed E-state index contributed by atoms with van der Waals surface area (Å²) in [5.41, 5.74) is 5.39. The van der Waals surface area contributed by atoms with Gasteiger partial charge in [-0.15, -0.1) is 0 Å². The molecule has 2 fully saturated rings. The summed E-state index contributed by atoms with van der Waals surface area (Å²) < 4.78 is 0. The lowest BCUT2D eigenvalue weighted by Gasteiger charge is -2.08. The molecule has 3 atom stereocenters. The summed E-state index contributed by atoms with van der Waals surface area (Å²) in [6, 6.07) is 0. The van der Waals surface area contributed by atoms with Gasteiger partial charge in [0.2, 0.25) is 0 Å². The van der Waals surface area contributed by atoms with E-state index in [1.165, 1.54) is 12.8 Å². The van der Waals surface area contributed by atoms with Crippen LogP contribution in [0.25, 0.3) is 0 Å². The standard InChI is InChI=1S/C9H15NO/c10-3-1-2-6-4-7-5-8(7)9(6)11/h6-8H,1-5,10H2. The van der Waals surface area contributed by atoms with E-state index in [4.69, 9.17) is 5.73 Å². The van der Waals surface area contributed by atoms with Gasteiger partial charge in [0.15, 0.2) is 0 Å². The monoisotopic (exact) mass is 153 g/mol. The Labute approximate surface area is 67.1 Å². The van der Waals surface area contributed by atoms with E-state index in [2.05, 4.69) is 0 Å². The number of carbonyl (C=O) groups is 1. The average molecular weight is 153 g/mol. The maximum absolute atomic E-state index is 11.4. The van der Waals surface area contributed by atoms with E-state index in [0.29, 0.717) is 17.6 Å². The Bertz CT molecular complexity index is 178. The number of carbonyl (C=O) groups excluding carboxylic acids is 1. The Morgan fingerprint density at radius 1 is 1.45 bits per heavy atom. The largest absolute Gasteiger partial charge is 0.330 e. The molecule has 2 aliphatic carbocycles. The molecule has 0 saturated heterocycles. The van der Waals surface area contributed by atoms with Crippen molar-refractivity contribution in [2.24, 2.45) is 23.5 Å². The molecule has 0 aliphatic heterocycles. The average Bonchev–Trinajstić information content (AvgIpc) is 2.70. The van der Waals surface area contributed by atoms with Gasteiger partial charge in [-0.1, -0.05) is 0 Å². The zero-order valence-electron chi connectivity index (χ0n) is 6.75. The molecule has 2 saturated carbocycles. The van der Waals surface area contributed by atoms with Gasteiger partial charge in [0.1, 0.15) is 5.78 Å². The van der Waals surface area contributed by atoms with Crippen molar-refractivity contribution in [2.45, 2.75) is 25.7 Å². The summed E-state index contributed by atoms with van der Waals surface area (Å²) >= 11 is 0. The van der Waals surface area contributed by atoms with Gasteiger partial charge >= 0.3 is 0 Å². The molecule has 0 bridgehead atoms. The fourth-order valence-corrected chi connectivity index (χ4v) is 2.27. The highest BCUT2D eigenvalue weighted by molar-refractivity contribution is 5.88. The Morgan fingerprint density at radius 2 is 2.27 bits per heavy atom. The maximum Gasteiger partial charge on any atom is 0.139 e. The molecule has 11 heavy (non-hydrogen) atoms. The summed E-state index contributed by atoms with van der Waals surface area (Å²) in [5, 5.41) is 0. The molecular weight excluding hydrogens is 138 g/mol. The van der Waals surface area contributed by atoms with E-state index < -0.39 is 0 Å². The first-order chi connectivity index (χ1) is 5.33. The van der Waals surface area contributed by atoms with Crippen LogP contribution >= 0.6 is 0 Å². The number of Topliss-reactive ketones (excluding diaryl/α,β-unsaturated/α-hetero) is 1. The molecule has 0 amide bonds.